The molecule has 0 aliphatic heterocycles. The molecule has 0 saturated carbocycles. The van der Waals surface area contributed by atoms with E-state index in [9.17, 15) is 8.42 Å². The van der Waals surface area contributed by atoms with Crippen LogP contribution in [0.5, 0.6) is 0 Å². The molecule has 0 bridgehead atoms. The Labute approximate surface area is 45.6 Å². The van der Waals surface area contributed by atoms with Crippen LogP contribution in [0.4, 0.5) is 0 Å². The van der Waals surface area contributed by atoms with Crippen LogP contribution in [0.1, 0.15) is 0 Å². The van der Waals surface area contributed by atoms with Crippen molar-refractivity contribution in [2.24, 2.45) is 0 Å². The fraction of sp³-hybridized carbons (Fsp3) is 1.00. The molecule has 5 heteroatoms. The average molecular weight is 175 g/mol. The van der Waals surface area contributed by atoms with Gasteiger partial charge >= 0.3 is 0 Å². The van der Waals surface area contributed by atoms with Crippen molar-refractivity contribution in [3.05, 3.63) is 0 Å². The summed E-state index contributed by atoms with van der Waals surface area (Å²) in [4.78, 5) is 0. The first kappa shape index (κ1) is 6.39. The second-order valence-corrected chi connectivity index (χ2v) is 1.63. The molecular weight excluding hydrogens is 172 g/mol. The fourth-order valence-corrected chi connectivity index (χ4v) is 0.621. The van der Waals surface area contributed by atoms with Gasteiger partial charge in [0.15, 0.2) is 0 Å². The lowest BCUT2D eigenvalue weighted by Crippen LogP contribution is -1.79. The third-order valence-corrected chi connectivity index (χ3v) is 1.08. The van der Waals surface area contributed by atoms with Crippen molar-refractivity contribution in [3.63, 3.8) is 0 Å². The van der Waals surface area contributed by atoms with E-state index in [0.29, 0.717) is 0 Å². The van der Waals surface area contributed by atoms with Gasteiger partial charge in [-0.15, -0.1) is 0 Å². The molecule has 0 fully saturated rings. The molecule has 0 aromatic carbocycles. The van der Waals surface area contributed by atoms with Crippen LogP contribution in [0.15, 0.2) is 0 Å². The van der Waals surface area contributed by atoms with E-state index in [1.54, 1.807) is 0 Å². The van der Waals surface area contributed by atoms with E-state index in [2.05, 4.69) is 20.1 Å². The third kappa shape index (κ3) is 4.39. The van der Waals surface area contributed by atoms with Gasteiger partial charge < -0.3 is 0 Å². The van der Waals surface area contributed by atoms with Crippen molar-refractivity contribution in [1.82, 2.24) is 0 Å². The molecule has 0 aliphatic carbocycles. The highest BCUT2D eigenvalue weighted by molar-refractivity contribution is 9.09. The highest BCUT2D eigenvalue weighted by atomic mass is 79.9. The SMILES string of the molecule is O=[SH](=O)OCBr. The van der Waals surface area contributed by atoms with Crippen molar-refractivity contribution in [1.29, 1.82) is 0 Å². The van der Waals surface area contributed by atoms with Crippen LogP contribution in [0, 0.1) is 0 Å². The monoisotopic (exact) mass is 174 g/mol. The minimum absolute atomic E-state index is 0.0473. The van der Waals surface area contributed by atoms with Crippen LogP contribution in [0.3, 0.4) is 0 Å². The van der Waals surface area contributed by atoms with Crippen molar-refractivity contribution >= 4 is 26.9 Å². The molecule has 0 radical (unpaired) electrons. The minimum Gasteiger partial charge on any atom is -0.261 e. The van der Waals surface area contributed by atoms with Crippen molar-refractivity contribution in [3.8, 4) is 0 Å². The first-order chi connectivity index (χ1) is 2.77. The second-order valence-electron chi connectivity index (χ2n) is 0.462. The van der Waals surface area contributed by atoms with Crippen molar-refractivity contribution < 1.29 is 12.6 Å². The van der Waals surface area contributed by atoms with E-state index < -0.39 is 11.0 Å². The van der Waals surface area contributed by atoms with Gasteiger partial charge in [-0.3, -0.25) is 4.18 Å². The van der Waals surface area contributed by atoms with E-state index in [4.69, 9.17) is 0 Å². The minimum atomic E-state index is -2.65. The Kier molecular flexibility index (Phi) is 3.81. The fourth-order valence-electron chi connectivity index (χ4n) is 0.0398. The van der Waals surface area contributed by atoms with Gasteiger partial charge in [-0.25, -0.2) is 8.42 Å². The lowest BCUT2D eigenvalue weighted by atomic mass is 11.8. The van der Waals surface area contributed by atoms with Crippen LogP contribution in [-0.4, -0.2) is 13.9 Å². The average Bonchev–Trinajstić information content (AvgIpc) is 1.35. The number of hydrogen-bond acceptors (Lipinski definition) is 3. The number of alkyl halides is 1. The maximum atomic E-state index is 9.38. The first-order valence-electron chi connectivity index (χ1n) is 1.10. The summed E-state index contributed by atoms with van der Waals surface area (Å²) in [7, 11) is -2.65. The molecule has 0 heterocycles. The Morgan fingerprint density at radius 2 is 2.17 bits per heavy atom. The Balaban J connectivity index is 3.07. The Hall–Kier alpha value is 0.390. The molecule has 0 atom stereocenters. The molecule has 0 aromatic rings. The standard InChI is InChI=1S/CH3BrO3S/c2-1-5-6(3)4/h6H,1H2. The summed E-state index contributed by atoms with van der Waals surface area (Å²) in [5.74, 6) is 0. The quantitative estimate of drug-likeness (QED) is 0.470. The summed E-state index contributed by atoms with van der Waals surface area (Å²) in [6.07, 6.45) is 0. The molecule has 0 saturated heterocycles. The van der Waals surface area contributed by atoms with Crippen LogP contribution in [0.2, 0.25) is 0 Å². The van der Waals surface area contributed by atoms with Crippen LogP contribution < -0.4 is 0 Å². The maximum Gasteiger partial charge on any atom is 0.257 e. The largest absolute Gasteiger partial charge is 0.261 e. The van der Waals surface area contributed by atoms with Crippen molar-refractivity contribution in [2.75, 3.05) is 5.52 Å². The van der Waals surface area contributed by atoms with Crippen LogP contribution in [0.25, 0.3) is 0 Å². The number of hydrogen-bond donors (Lipinski definition) is 1. The van der Waals surface area contributed by atoms with E-state index in [1.165, 1.54) is 0 Å². The molecule has 0 aliphatic rings. The zero-order chi connectivity index (χ0) is 4.99. The van der Waals surface area contributed by atoms with Gasteiger partial charge in [0, 0.05) is 0 Å². The summed E-state index contributed by atoms with van der Waals surface area (Å²) in [6, 6.07) is 0. The smallest absolute Gasteiger partial charge is 0.257 e. The molecule has 0 spiro atoms. The normalized spacial score (nSPS) is 9.67. The zero-order valence-corrected chi connectivity index (χ0v) is 5.24. The number of thiol groups is 1. The van der Waals surface area contributed by atoms with Gasteiger partial charge in [0.2, 0.25) is 0 Å². The van der Waals surface area contributed by atoms with Gasteiger partial charge in [-0.2, -0.15) is 0 Å². The Bertz CT molecular complexity index is 78.8. The highest BCUT2D eigenvalue weighted by Gasteiger charge is 1.73. The lowest BCUT2D eigenvalue weighted by molar-refractivity contribution is 0.405. The van der Waals surface area contributed by atoms with E-state index in [1.807, 2.05) is 0 Å². The molecule has 0 unspecified atom stereocenters. The molecular formula is CH3BrO3S. The van der Waals surface area contributed by atoms with E-state index in [-0.39, 0.29) is 5.52 Å². The molecule has 0 rings (SSSR count). The molecule has 0 aromatic heterocycles. The topological polar surface area (TPSA) is 43.4 Å². The molecule has 0 amide bonds. The summed E-state index contributed by atoms with van der Waals surface area (Å²) < 4.78 is 22.7. The van der Waals surface area contributed by atoms with Crippen LogP contribution >= 0.6 is 15.9 Å². The summed E-state index contributed by atoms with van der Waals surface area (Å²) in [6.45, 7) is 0. The van der Waals surface area contributed by atoms with Gasteiger partial charge in [0.05, 0.1) is 0 Å². The zero-order valence-electron chi connectivity index (χ0n) is 2.76. The number of rotatable bonds is 2. The predicted molar refractivity (Wildman–Crippen MR) is 25.2 cm³/mol. The van der Waals surface area contributed by atoms with Gasteiger partial charge in [-0.1, -0.05) is 15.9 Å². The summed E-state index contributed by atoms with van der Waals surface area (Å²) in [5.41, 5.74) is 0.0473. The molecule has 38 valence electrons. The summed E-state index contributed by atoms with van der Waals surface area (Å²) in [5, 5.41) is 0. The maximum absolute atomic E-state index is 9.38. The third-order valence-electron chi connectivity index (χ3n) is 0.154. The Morgan fingerprint density at radius 1 is 1.67 bits per heavy atom. The molecule has 3 nitrogen and oxygen atoms in total. The van der Waals surface area contributed by atoms with Gasteiger partial charge in [0.25, 0.3) is 11.0 Å². The predicted octanol–water partition coefficient (Wildman–Crippen LogP) is -0.118. The first-order valence-corrected chi connectivity index (χ1v) is 3.32. The molecule has 6 heavy (non-hydrogen) atoms. The summed E-state index contributed by atoms with van der Waals surface area (Å²) >= 11 is 2.74. The second kappa shape index (κ2) is 3.58. The molecule has 0 N–H and O–H groups in total. The Morgan fingerprint density at radius 3 is 2.17 bits per heavy atom. The van der Waals surface area contributed by atoms with Crippen LogP contribution in [-0.2, 0) is 15.2 Å². The van der Waals surface area contributed by atoms with E-state index in [0.717, 1.165) is 0 Å². The van der Waals surface area contributed by atoms with Crippen molar-refractivity contribution in [2.45, 2.75) is 0 Å². The van der Waals surface area contributed by atoms with E-state index >= 15 is 0 Å². The lowest BCUT2D eigenvalue weighted by Gasteiger charge is -1.76. The van der Waals surface area contributed by atoms with Gasteiger partial charge in [0.1, 0.15) is 5.52 Å². The number of halogens is 1. The highest BCUT2D eigenvalue weighted by Crippen LogP contribution is 1.78. The van der Waals surface area contributed by atoms with Gasteiger partial charge in [-0.05, 0) is 0 Å².